The van der Waals surface area contributed by atoms with Crippen molar-refractivity contribution in [3.05, 3.63) is 0 Å². The molecule has 0 bridgehead atoms. The lowest BCUT2D eigenvalue weighted by atomic mass is 9.79. The monoisotopic (exact) mass is 269 g/mol. The van der Waals surface area contributed by atoms with Gasteiger partial charge < -0.3 is 20.7 Å². The van der Waals surface area contributed by atoms with Gasteiger partial charge in [0.2, 0.25) is 5.91 Å². The van der Waals surface area contributed by atoms with Crippen molar-refractivity contribution in [3.63, 3.8) is 0 Å². The van der Waals surface area contributed by atoms with E-state index in [4.69, 9.17) is 10.5 Å². The first kappa shape index (κ1) is 14.8. The van der Waals surface area contributed by atoms with Gasteiger partial charge in [0.15, 0.2) is 0 Å². The maximum Gasteiger partial charge on any atom is 0.223 e. The predicted molar refractivity (Wildman–Crippen MR) is 74.7 cm³/mol. The number of carbonyl (C=O) groups excluding carboxylic acids is 1. The SMILES string of the molecule is CC1CC(C(=O)NCC2CN(C)CCO2)CCC1N. The third-order valence-electron chi connectivity index (χ3n) is 4.45. The van der Waals surface area contributed by atoms with E-state index in [0.29, 0.717) is 12.5 Å². The number of nitrogens with one attached hydrogen (secondary N) is 1. The standard InChI is InChI=1S/C14H27N3O2/c1-10-7-11(3-4-13(10)15)14(18)16-8-12-9-17(2)5-6-19-12/h10-13H,3-9,15H2,1-2H3,(H,16,18). The summed E-state index contributed by atoms with van der Waals surface area (Å²) in [7, 11) is 2.08. The molecular formula is C14H27N3O2. The fraction of sp³-hybridized carbons (Fsp3) is 0.929. The van der Waals surface area contributed by atoms with E-state index in [0.717, 1.165) is 39.0 Å². The Bertz CT molecular complexity index is 311. The molecule has 1 aliphatic carbocycles. The molecule has 2 aliphatic rings. The summed E-state index contributed by atoms with van der Waals surface area (Å²) >= 11 is 0. The normalized spacial score (nSPS) is 37.0. The molecular weight excluding hydrogens is 242 g/mol. The Morgan fingerprint density at radius 2 is 2.26 bits per heavy atom. The van der Waals surface area contributed by atoms with Crippen LogP contribution in [0.4, 0.5) is 0 Å². The first-order valence-corrected chi connectivity index (χ1v) is 7.39. The zero-order valence-corrected chi connectivity index (χ0v) is 12.1. The molecule has 1 saturated carbocycles. The molecule has 110 valence electrons. The average molecular weight is 269 g/mol. The van der Waals surface area contributed by atoms with Gasteiger partial charge in [-0.15, -0.1) is 0 Å². The summed E-state index contributed by atoms with van der Waals surface area (Å²) in [5.41, 5.74) is 5.99. The number of ether oxygens (including phenoxy) is 1. The van der Waals surface area contributed by atoms with Crippen LogP contribution in [0.15, 0.2) is 0 Å². The van der Waals surface area contributed by atoms with Crippen LogP contribution < -0.4 is 11.1 Å². The minimum absolute atomic E-state index is 0.131. The van der Waals surface area contributed by atoms with Gasteiger partial charge in [0, 0.05) is 31.6 Å². The van der Waals surface area contributed by atoms with Gasteiger partial charge in [-0.25, -0.2) is 0 Å². The van der Waals surface area contributed by atoms with Crippen molar-refractivity contribution in [3.8, 4) is 0 Å². The number of rotatable bonds is 3. The number of carbonyl (C=O) groups is 1. The molecule has 5 heteroatoms. The lowest BCUT2D eigenvalue weighted by Gasteiger charge is -2.33. The summed E-state index contributed by atoms with van der Waals surface area (Å²) in [6.45, 7) is 5.39. The van der Waals surface area contributed by atoms with Crippen LogP contribution in [0.25, 0.3) is 0 Å². The Balaban J connectivity index is 1.72. The average Bonchev–Trinajstić information content (AvgIpc) is 2.39. The summed E-state index contributed by atoms with van der Waals surface area (Å²) in [6, 6.07) is 0.263. The molecule has 2 rings (SSSR count). The molecule has 2 fully saturated rings. The molecule has 1 amide bonds. The van der Waals surface area contributed by atoms with Crippen molar-refractivity contribution in [1.29, 1.82) is 0 Å². The van der Waals surface area contributed by atoms with Crippen molar-refractivity contribution in [2.75, 3.05) is 33.3 Å². The largest absolute Gasteiger partial charge is 0.374 e. The molecule has 0 aromatic rings. The van der Waals surface area contributed by atoms with E-state index in [2.05, 4.69) is 24.2 Å². The molecule has 19 heavy (non-hydrogen) atoms. The van der Waals surface area contributed by atoms with E-state index in [1.165, 1.54) is 0 Å². The smallest absolute Gasteiger partial charge is 0.223 e. The summed E-state index contributed by atoms with van der Waals surface area (Å²) in [4.78, 5) is 14.4. The van der Waals surface area contributed by atoms with Crippen LogP contribution in [-0.2, 0) is 9.53 Å². The molecule has 1 aliphatic heterocycles. The summed E-state index contributed by atoms with van der Waals surface area (Å²) in [6.07, 6.45) is 2.93. The number of hydrogen-bond donors (Lipinski definition) is 2. The van der Waals surface area contributed by atoms with E-state index < -0.39 is 0 Å². The topological polar surface area (TPSA) is 67.6 Å². The second kappa shape index (κ2) is 6.68. The van der Waals surface area contributed by atoms with Crippen LogP contribution in [0.3, 0.4) is 0 Å². The molecule has 0 radical (unpaired) electrons. The number of nitrogens with two attached hydrogens (primary N) is 1. The van der Waals surface area contributed by atoms with Gasteiger partial charge in [0.05, 0.1) is 12.7 Å². The third-order valence-corrected chi connectivity index (χ3v) is 4.45. The molecule has 1 heterocycles. The van der Waals surface area contributed by atoms with Gasteiger partial charge >= 0.3 is 0 Å². The van der Waals surface area contributed by atoms with E-state index in [1.54, 1.807) is 0 Å². The third kappa shape index (κ3) is 4.16. The zero-order valence-electron chi connectivity index (χ0n) is 12.1. The highest BCUT2D eigenvalue weighted by Crippen LogP contribution is 2.28. The number of morpholine rings is 1. The van der Waals surface area contributed by atoms with Gasteiger partial charge in [-0.3, -0.25) is 4.79 Å². The second-order valence-corrected chi connectivity index (χ2v) is 6.15. The summed E-state index contributed by atoms with van der Waals surface area (Å²) < 4.78 is 5.65. The number of nitrogens with zero attached hydrogens (tertiary/aromatic N) is 1. The molecule has 3 N–H and O–H groups in total. The van der Waals surface area contributed by atoms with Gasteiger partial charge in [-0.05, 0) is 32.2 Å². The number of hydrogen-bond acceptors (Lipinski definition) is 4. The predicted octanol–water partition coefficient (Wildman–Crippen LogP) is 0.197. The van der Waals surface area contributed by atoms with Gasteiger partial charge in [0.1, 0.15) is 0 Å². The molecule has 0 aromatic carbocycles. The van der Waals surface area contributed by atoms with Crippen LogP contribution in [0.2, 0.25) is 0 Å². The van der Waals surface area contributed by atoms with Crippen LogP contribution >= 0.6 is 0 Å². The van der Waals surface area contributed by atoms with E-state index in [9.17, 15) is 4.79 Å². The highest BCUT2D eigenvalue weighted by molar-refractivity contribution is 5.78. The molecule has 0 aromatic heterocycles. The lowest BCUT2D eigenvalue weighted by Crippen LogP contribution is -2.47. The Hall–Kier alpha value is -0.650. The molecule has 5 nitrogen and oxygen atoms in total. The molecule has 1 saturated heterocycles. The Kier molecular flexibility index (Phi) is 5.19. The van der Waals surface area contributed by atoms with Crippen molar-refractivity contribution >= 4 is 5.91 Å². The van der Waals surface area contributed by atoms with Crippen LogP contribution in [0.1, 0.15) is 26.2 Å². The highest BCUT2D eigenvalue weighted by atomic mass is 16.5. The summed E-state index contributed by atoms with van der Waals surface area (Å²) in [5.74, 6) is 0.758. The summed E-state index contributed by atoms with van der Waals surface area (Å²) in [5, 5.41) is 3.05. The molecule has 0 spiro atoms. The van der Waals surface area contributed by atoms with Crippen molar-refractivity contribution in [2.24, 2.45) is 17.6 Å². The second-order valence-electron chi connectivity index (χ2n) is 6.15. The van der Waals surface area contributed by atoms with Crippen molar-refractivity contribution < 1.29 is 9.53 Å². The molecule has 4 unspecified atom stereocenters. The Morgan fingerprint density at radius 1 is 1.47 bits per heavy atom. The molecule has 4 atom stereocenters. The van der Waals surface area contributed by atoms with Crippen LogP contribution in [0.5, 0.6) is 0 Å². The minimum atomic E-state index is 0.131. The first-order chi connectivity index (χ1) is 9.06. The van der Waals surface area contributed by atoms with Gasteiger partial charge in [-0.2, -0.15) is 0 Å². The van der Waals surface area contributed by atoms with Gasteiger partial charge in [-0.1, -0.05) is 6.92 Å². The van der Waals surface area contributed by atoms with Gasteiger partial charge in [0.25, 0.3) is 0 Å². The Morgan fingerprint density at radius 3 is 2.95 bits per heavy atom. The quantitative estimate of drug-likeness (QED) is 0.768. The van der Waals surface area contributed by atoms with E-state index in [1.807, 2.05) is 0 Å². The minimum Gasteiger partial charge on any atom is -0.374 e. The lowest BCUT2D eigenvalue weighted by molar-refractivity contribution is -0.127. The first-order valence-electron chi connectivity index (χ1n) is 7.39. The van der Waals surface area contributed by atoms with Crippen LogP contribution in [-0.4, -0.2) is 56.2 Å². The van der Waals surface area contributed by atoms with E-state index in [-0.39, 0.29) is 24.0 Å². The fourth-order valence-electron chi connectivity index (χ4n) is 3.01. The van der Waals surface area contributed by atoms with Crippen LogP contribution in [0, 0.1) is 11.8 Å². The van der Waals surface area contributed by atoms with Crippen molar-refractivity contribution in [1.82, 2.24) is 10.2 Å². The maximum absolute atomic E-state index is 12.2. The fourth-order valence-corrected chi connectivity index (χ4v) is 3.01. The van der Waals surface area contributed by atoms with Crippen molar-refractivity contribution in [2.45, 2.75) is 38.3 Å². The Labute approximate surface area is 115 Å². The highest BCUT2D eigenvalue weighted by Gasteiger charge is 2.30. The maximum atomic E-state index is 12.2. The number of amides is 1. The number of likely N-dealkylation sites (N-methyl/N-ethyl adjacent to an activating group) is 1. The zero-order chi connectivity index (χ0) is 13.8. The van der Waals surface area contributed by atoms with E-state index >= 15 is 0 Å².